The average Bonchev–Trinajstić information content (AvgIpc) is 3.19. The lowest BCUT2D eigenvalue weighted by Gasteiger charge is -2.25. The van der Waals surface area contributed by atoms with Gasteiger partial charge in [-0.15, -0.1) is 10.2 Å². The average molecular weight is 371 g/mol. The molecule has 0 radical (unpaired) electrons. The standard InChI is InChI=1S/C19H19F2N5O/c1-11-7-12(2)26(24-11)19-6-5-18(22-23-19)25-10-14(27)9-17(25)15-8-13(20)3-4-16(15)21/h3-8,14,17,27H,9-10H2,1-2H3. The van der Waals surface area contributed by atoms with E-state index >= 15 is 0 Å². The van der Waals surface area contributed by atoms with Crippen LogP contribution in [0.25, 0.3) is 5.82 Å². The smallest absolute Gasteiger partial charge is 0.176 e. The van der Waals surface area contributed by atoms with Gasteiger partial charge in [0.1, 0.15) is 11.6 Å². The number of hydrogen-bond donors (Lipinski definition) is 1. The van der Waals surface area contributed by atoms with E-state index in [9.17, 15) is 13.9 Å². The zero-order chi connectivity index (χ0) is 19.1. The molecule has 2 atom stereocenters. The highest BCUT2D eigenvalue weighted by molar-refractivity contribution is 5.46. The summed E-state index contributed by atoms with van der Waals surface area (Å²) in [6, 6.07) is 8.30. The number of benzene rings is 1. The van der Waals surface area contributed by atoms with E-state index in [1.807, 2.05) is 19.9 Å². The highest BCUT2D eigenvalue weighted by atomic mass is 19.1. The van der Waals surface area contributed by atoms with Crippen LogP contribution in [0.2, 0.25) is 0 Å². The molecule has 0 spiro atoms. The Kier molecular flexibility index (Phi) is 4.35. The third-order valence-electron chi connectivity index (χ3n) is 4.75. The molecule has 1 N–H and O–H groups in total. The summed E-state index contributed by atoms with van der Waals surface area (Å²) >= 11 is 0. The predicted octanol–water partition coefficient (Wildman–Crippen LogP) is 2.87. The summed E-state index contributed by atoms with van der Waals surface area (Å²) in [4.78, 5) is 1.75. The third-order valence-corrected chi connectivity index (χ3v) is 4.75. The SMILES string of the molecule is Cc1cc(C)n(-c2ccc(N3CC(O)CC3c3cc(F)ccc3F)nn2)n1. The maximum Gasteiger partial charge on any atom is 0.176 e. The number of halogens is 2. The van der Waals surface area contributed by atoms with Crippen molar-refractivity contribution in [1.82, 2.24) is 20.0 Å². The van der Waals surface area contributed by atoms with Gasteiger partial charge in [-0.3, -0.25) is 0 Å². The van der Waals surface area contributed by atoms with E-state index in [0.717, 1.165) is 23.5 Å². The molecule has 4 rings (SSSR count). The second-order valence-corrected chi connectivity index (χ2v) is 6.81. The molecule has 3 heterocycles. The lowest BCUT2D eigenvalue weighted by atomic mass is 10.0. The summed E-state index contributed by atoms with van der Waals surface area (Å²) in [5, 5.41) is 22.9. The molecule has 0 aliphatic carbocycles. The van der Waals surface area contributed by atoms with Crippen molar-refractivity contribution in [2.45, 2.75) is 32.4 Å². The van der Waals surface area contributed by atoms with E-state index in [1.165, 1.54) is 6.07 Å². The Morgan fingerprint density at radius 1 is 1.04 bits per heavy atom. The van der Waals surface area contributed by atoms with Crippen molar-refractivity contribution >= 4 is 5.82 Å². The number of rotatable bonds is 3. The van der Waals surface area contributed by atoms with Crippen molar-refractivity contribution in [2.24, 2.45) is 0 Å². The minimum atomic E-state index is -0.657. The Bertz CT molecular complexity index is 973. The van der Waals surface area contributed by atoms with Crippen LogP contribution >= 0.6 is 0 Å². The van der Waals surface area contributed by atoms with Gasteiger partial charge in [-0.1, -0.05) is 0 Å². The third kappa shape index (κ3) is 3.28. The monoisotopic (exact) mass is 371 g/mol. The lowest BCUT2D eigenvalue weighted by Crippen LogP contribution is -2.26. The van der Waals surface area contributed by atoms with Crippen molar-refractivity contribution < 1.29 is 13.9 Å². The second kappa shape index (κ2) is 6.70. The van der Waals surface area contributed by atoms with Gasteiger partial charge in [-0.05, 0) is 56.7 Å². The largest absolute Gasteiger partial charge is 0.391 e. The van der Waals surface area contributed by atoms with Gasteiger partial charge in [-0.2, -0.15) is 5.10 Å². The molecule has 0 saturated carbocycles. The van der Waals surface area contributed by atoms with E-state index in [-0.39, 0.29) is 12.1 Å². The summed E-state index contributed by atoms with van der Waals surface area (Å²) < 4.78 is 29.6. The molecule has 1 aromatic carbocycles. The van der Waals surface area contributed by atoms with Gasteiger partial charge in [-0.25, -0.2) is 13.5 Å². The quantitative estimate of drug-likeness (QED) is 0.767. The first kappa shape index (κ1) is 17.5. The summed E-state index contributed by atoms with van der Waals surface area (Å²) in [7, 11) is 0. The number of aliphatic hydroxyl groups is 1. The fourth-order valence-corrected chi connectivity index (χ4v) is 3.58. The number of aromatic nitrogens is 4. The maximum atomic E-state index is 14.2. The van der Waals surface area contributed by atoms with Gasteiger partial charge in [0.2, 0.25) is 0 Å². The van der Waals surface area contributed by atoms with Crippen LogP contribution in [0, 0.1) is 25.5 Å². The zero-order valence-electron chi connectivity index (χ0n) is 15.0. The molecule has 1 saturated heterocycles. The fourth-order valence-electron chi connectivity index (χ4n) is 3.58. The van der Waals surface area contributed by atoms with Crippen LogP contribution in [0.1, 0.15) is 29.4 Å². The molecular weight excluding hydrogens is 352 g/mol. The van der Waals surface area contributed by atoms with E-state index in [4.69, 9.17) is 0 Å². The number of aliphatic hydroxyl groups excluding tert-OH is 1. The molecule has 27 heavy (non-hydrogen) atoms. The molecule has 1 aliphatic rings. The number of aryl methyl sites for hydroxylation is 2. The highest BCUT2D eigenvalue weighted by Crippen LogP contribution is 2.36. The van der Waals surface area contributed by atoms with Crippen molar-refractivity contribution in [1.29, 1.82) is 0 Å². The first-order valence-electron chi connectivity index (χ1n) is 8.69. The normalized spacial score (nSPS) is 19.7. The molecule has 0 amide bonds. The topological polar surface area (TPSA) is 67.1 Å². The van der Waals surface area contributed by atoms with E-state index < -0.39 is 23.8 Å². The van der Waals surface area contributed by atoms with Gasteiger partial charge in [0.25, 0.3) is 0 Å². The van der Waals surface area contributed by atoms with Gasteiger partial charge in [0, 0.05) is 17.8 Å². The van der Waals surface area contributed by atoms with E-state index in [2.05, 4.69) is 15.3 Å². The van der Waals surface area contributed by atoms with E-state index in [1.54, 1.807) is 21.7 Å². The molecule has 3 aromatic rings. The first-order valence-corrected chi connectivity index (χ1v) is 8.69. The number of anilines is 1. The van der Waals surface area contributed by atoms with Gasteiger partial charge >= 0.3 is 0 Å². The van der Waals surface area contributed by atoms with Crippen LogP contribution in [0.3, 0.4) is 0 Å². The number of nitrogens with zero attached hydrogens (tertiary/aromatic N) is 5. The minimum absolute atomic E-state index is 0.205. The summed E-state index contributed by atoms with van der Waals surface area (Å²) in [6.07, 6.45) is -0.364. The molecule has 1 aliphatic heterocycles. The molecule has 8 heteroatoms. The van der Waals surface area contributed by atoms with Crippen molar-refractivity contribution in [3.8, 4) is 5.82 Å². The molecule has 0 bridgehead atoms. The predicted molar refractivity (Wildman–Crippen MR) is 95.7 cm³/mol. The van der Waals surface area contributed by atoms with Crippen LogP contribution in [0.5, 0.6) is 0 Å². The Hall–Kier alpha value is -2.87. The lowest BCUT2D eigenvalue weighted by molar-refractivity contribution is 0.194. The molecule has 1 fully saturated rings. The van der Waals surface area contributed by atoms with Crippen LogP contribution in [-0.4, -0.2) is 37.7 Å². The summed E-state index contributed by atoms with van der Waals surface area (Å²) in [5.74, 6) is 0.0366. The molecule has 140 valence electrons. The van der Waals surface area contributed by atoms with Crippen LogP contribution in [-0.2, 0) is 0 Å². The molecular formula is C19H19F2N5O. The molecule has 6 nitrogen and oxygen atoms in total. The Morgan fingerprint density at radius 2 is 1.78 bits per heavy atom. The van der Waals surface area contributed by atoms with E-state index in [0.29, 0.717) is 18.1 Å². The first-order chi connectivity index (χ1) is 12.9. The Labute approximate surface area is 155 Å². The van der Waals surface area contributed by atoms with Crippen molar-refractivity contribution in [3.63, 3.8) is 0 Å². The van der Waals surface area contributed by atoms with Crippen LogP contribution in [0.4, 0.5) is 14.6 Å². The van der Waals surface area contributed by atoms with Gasteiger partial charge in [0.15, 0.2) is 11.6 Å². The van der Waals surface area contributed by atoms with Crippen molar-refractivity contribution in [2.75, 3.05) is 11.4 Å². The number of β-amino-alcohol motifs (C(OH)–C–C–N with tert-alkyl or cyclic N) is 1. The highest BCUT2D eigenvalue weighted by Gasteiger charge is 2.35. The molecule has 2 unspecified atom stereocenters. The maximum absolute atomic E-state index is 14.2. The van der Waals surface area contributed by atoms with Crippen LogP contribution < -0.4 is 4.90 Å². The Balaban J connectivity index is 1.67. The van der Waals surface area contributed by atoms with Crippen molar-refractivity contribution in [3.05, 3.63) is 65.0 Å². The molecule has 2 aromatic heterocycles. The summed E-state index contributed by atoms with van der Waals surface area (Å²) in [6.45, 7) is 4.10. The van der Waals surface area contributed by atoms with Gasteiger partial charge in [0.05, 0.1) is 17.8 Å². The second-order valence-electron chi connectivity index (χ2n) is 6.81. The minimum Gasteiger partial charge on any atom is -0.391 e. The zero-order valence-corrected chi connectivity index (χ0v) is 15.0. The summed E-state index contributed by atoms with van der Waals surface area (Å²) in [5.41, 5.74) is 2.02. The number of hydrogen-bond acceptors (Lipinski definition) is 5. The van der Waals surface area contributed by atoms with Crippen LogP contribution in [0.15, 0.2) is 36.4 Å². The fraction of sp³-hybridized carbons (Fsp3) is 0.316. The Morgan fingerprint density at radius 3 is 2.44 bits per heavy atom. The van der Waals surface area contributed by atoms with Gasteiger partial charge < -0.3 is 10.0 Å².